The fraction of sp³-hybridized carbons (Fsp3) is 0.649. The summed E-state index contributed by atoms with van der Waals surface area (Å²) in [6, 6.07) is 3.46. The molecule has 6 atom stereocenters. The first-order valence-corrected chi connectivity index (χ1v) is 18.8. The third-order valence-electron chi connectivity index (χ3n) is 9.97. The molecule has 0 aromatic heterocycles. The highest BCUT2D eigenvalue weighted by atomic mass is 32.2. The number of urea groups is 1. The summed E-state index contributed by atoms with van der Waals surface area (Å²) in [7, 11) is 1.44. The lowest BCUT2D eigenvalue weighted by molar-refractivity contribution is -0.144. The van der Waals surface area contributed by atoms with E-state index in [1.807, 2.05) is 65.8 Å². The van der Waals surface area contributed by atoms with E-state index in [2.05, 4.69) is 27.8 Å². The summed E-state index contributed by atoms with van der Waals surface area (Å²) in [5, 5.41) is 12.1. The van der Waals surface area contributed by atoms with Gasteiger partial charge < -0.3 is 31.9 Å². The number of amides is 5. The number of ketones is 1. The van der Waals surface area contributed by atoms with E-state index < -0.39 is 64.5 Å². The van der Waals surface area contributed by atoms with Gasteiger partial charge >= 0.3 is 17.5 Å². The van der Waals surface area contributed by atoms with Crippen molar-refractivity contribution in [3.63, 3.8) is 0 Å². The van der Waals surface area contributed by atoms with Gasteiger partial charge in [0, 0.05) is 43.2 Å². The smallest absolute Gasteiger partial charge is 0.353 e. The van der Waals surface area contributed by atoms with Gasteiger partial charge in [-0.3, -0.25) is 19.2 Å². The van der Waals surface area contributed by atoms with Gasteiger partial charge in [-0.15, -0.1) is 8.74 Å². The molecule has 1 aliphatic carbocycles. The Bertz CT molecular complexity index is 1440. The lowest BCUT2D eigenvalue weighted by Gasteiger charge is -2.38. The summed E-state index contributed by atoms with van der Waals surface area (Å²) in [5.74, 6) is -3.14. The van der Waals surface area contributed by atoms with Crippen LogP contribution in [0.25, 0.3) is 0 Å². The molecule has 1 aromatic carbocycles. The lowest BCUT2D eigenvalue weighted by atomic mass is 9.80. The largest absolute Gasteiger partial charge is 0.363 e. The number of hydrogen-bond acceptors (Lipinski definition) is 8. The zero-order valence-corrected chi connectivity index (χ0v) is 32.3. The number of nitrogens with one attached hydrogen (secondary N) is 4. The molecule has 1 saturated heterocycles. The topological polar surface area (TPSA) is 192 Å². The number of benzene rings is 1. The van der Waals surface area contributed by atoms with Crippen LogP contribution >= 0.6 is 0 Å². The van der Waals surface area contributed by atoms with Crippen LogP contribution < -0.4 is 27.0 Å². The average Bonchev–Trinajstić information content (AvgIpc) is 3.48. The monoisotopic (exact) mass is 731 g/mol. The summed E-state index contributed by atoms with van der Waals surface area (Å²) in [6.07, 6.45) is 3.61. The predicted octanol–water partition coefficient (Wildman–Crippen LogP) is 3.44. The second-order valence-electron chi connectivity index (χ2n) is 16.0. The molecule has 0 radical (unpaired) electrons. The molecule has 1 aromatic rings. The Kier molecular flexibility index (Phi) is 14.7. The van der Waals surface area contributed by atoms with Crippen LogP contribution in [0, 0.1) is 22.7 Å². The zero-order chi connectivity index (χ0) is 38.3. The van der Waals surface area contributed by atoms with Crippen molar-refractivity contribution in [2.75, 3.05) is 20.2 Å². The minimum absolute atomic E-state index is 0.205. The van der Waals surface area contributed by atoms with Crippen LogP contribution in [0.5, 0.6) is 0 Å². The van der Waals surface area contributed by atoms with Crippen molar-refractivity contribution in [1.29, 1.82) is 0 Å². The van der Waals surface area contributed by atoms with Crippen LogP contribution in [0.4, 0.5) is 4.79 Å². The van der Waals surface area contributed by atoms with Crippen LogP contribution in [0.2, 0.25) is 0 Å². The van der Waals surface area contributed by atoms with E-state index in [9.17, 15) is 28.5 Å². The number of carbonyl (C=O) groups is 5. The van der Waals surface area contributed by atoms with Crippen LogP contribution in [0.3, 0.4) is 0 Å². The fourth-order valence-electron chi connectivity index (χ4n) is 6.58. The molecule has 13 nitrogen and oxygen atoms in total. The number of carbonyl (C=O) groups excluding carboxylic acids is 5. The Morgan fingerprint density at radius 1 is 1.02 bits per heavy atom. The minimum Gasteiger partial charge on any atom is -0.363 e. The normalized spacial score (nSPS) is 20.4. The molecule has 5 amide bonds. The number of nitrogens with zero attached hydrogens (tertiary/aromatic N) is 1. The highest BCUT2D eigenvalue weighted by molar-refractivity contribution is 7.86. The molecule has 2 aliphatic rings. The summed E-state index contributed by atoms with van der Waals surface area (Å²) >= 11 is -1.35. The summed E-state index contributed by atoms with van der Waals surface area (Å²) in [4.78, 5) is 68.8. The molecule has 2 unspecified atom stereocenters. The number of hydrogen-bond donors (Lipinski definition) is 6. The Labute approximate surface area is 306 Å². The molecule has 3 rings (SSSR count). The molecule has 284 valence electrons. The van der Waals surface area contributed by atoms with Crippen LogP contribution in [0.1, 0.15) is 86.1 Å². The van der Waals surface area contributed by atoms with E-state index in [0.717, 1.165) is 24.8 Å². The van der Waals surface area contributed by atoms with Crippen molar-refractivity contribution >= 4 is 41.0 Å². The van der Waals surface area contributed by atoms with Crippen molar-refractivity contribution in [2.45, 2.75) is 116 Å². The Morgan fingerprint density at radius 2 is 1.67 bits per heavy atom. The summed E-state index contributed by atoms with van der Waals surface area (Å²) in [6.45, 7) is 18.5. The van der Waals surface area contributed by atoms with E-state index in [4.69, 9.17) is 9.92 Å². The Balaban J connectivity index is 1.77. The molecule has 2 fully saturated rings. The molecule has 1 saturated carbocycles. The predicted molar refractivity (Wildman–Crippen MR) is 198 cm³/mol. The van der Waals surface area contributed by atoms with Gasteiger partial charge in [0.1, 0.15) is 12.1 Å². The number of nitrogens with two attached hydrogens (primary N) is 1. The first kappa shape index (κ1) is 42.0. The molecular formula is C37H59N6O7S+. The standard InChI is InChI=1S/C37H58N6O7S/c1-22(2)25-17-18-43(29(25)33(46)40-26(30(44)32(38)45)19-23-13-12-14-23)34(47)31(37(6,7)8)42-35(48)41-28(36(3,4)5)21-39-20-24-15-10-11-16-27(24)51(49)50-9/h10-11,15-16,23,25-26,28-29,31,39,49H,1,12-14,17-21H2,2-9H3,(H4-,38,40,41,42,45,46,48)/p+1/t25-,26?,28-,29+,31-,51?/m1/s1. The fourth-order valence-corrected chi connectivity index (χ4v) is 7.32. The maximum absolute atomic E-state index is 14.4. The second-order valence-corrected chi connectivity index (χ2v) is 17.3. The molecule has 14 heteroatoms. The van der Waals surface area contributed by atoms with Crippen molar-refractivity contribution < 1.29 is 32.7 Å². The molecule has 1 aliphatic heterocycles. The van der Waals surface area contributed by atoms with E-state index in [-0.39, 0.29) is 29.8 Å². The van der Waals surface area contributed by atoms with E-state index >= 15 is 0 Å². The first-order valence-electron chi connectivity index (χ1n) is 17.7. The van der Waals surface area contributed by atoms with Crippen LogP contribution in [-0.2, 0) is 41.4 Å². The summed E-state index contributed by atoms with van der Waals surface area (Å²) < 4.78 is 15.4. The Hall–Kier alpha value is -3.46. The van der Waals surface area contributed by atoms with Gasteiger partial charge in [0.15, 0.2) is 0 Å². The molecular weight excluding hydrogens is 673 g/mol. The third kappa shape index (κ3) is 11.3. The van der Waals surface area contributed by atoms with E-state index in [1.54, 1.807) is 6.92 Å². The number of rotatable bonds is 16. The summed E-state index contributed by atoms with van der Waals surface area (Å²) in [5.41, 5.74) is 5.80. The minimum atomic E-state index is -1.35. The Morgan fingerprint density at radius 3 is 2.20 bits per heavy atom. The SMILES string of the molecule is C=C(C)[C@H]1CCN(C(=O)[C@@H](NC(=O)N[C@H](CNCc2ccccc2[S+](O)OC)C(C)(C)C)C(C)(C)C)[C@@H]1C(=O)NC(CC1CCC1)C(=O)C(N)=O. The van der Waals surface area contributed by atoms with Gasteiger partial charge in [0.25, 0.3) is 5.91 Å². The van der Waals surface area contributed by atoms with Gasteiger partial charge in [-0.1, -0.05) is 91.2 Å². The van der Waals surface area contributed by atoms with E-state index in [0.29, 0.717) is 36.4 Å². The highest BCUT2D eigenvalue weighted by Crippen LogP contribution is 2.34. The van der Waals surface area contributed by atoms with Gasteiger partial charge in [-0.25, -0.2) is 4.79 Å². The van der Waals surface area contributed by atoms with Gasteiger partial charge in [0.05, 0.1) is 13.2 Å². The first-order chi connectivity index (χ1) is 23.8. The molecule has 0 bridgehead atoms. The lowest BCUT2D eigenvalue weighted by Crippen LogP contribution is -2.62. The van der Waals surface area contributed by atoms with Crippen molar-refractivity contribution in [2.24, 2.45) is 28.4 Å². The van der Waals surface area contributed by atoms with Gasteiger partial charge in [-0.2, -0.15) is 0 Å². The van der Waals surface area contributed by atoms with Crippen molar-refractivity contribution in [1.82, 2.24) is 26.2 Å². The maximum Gasteiger partial charge on any atom is 0.353 e. The van der Waals surface area contributed by atoms with E-state index in [1.165, 1.54) is 12.0 Å². The molecule has 7 N–H and O–H groups in total. The number of Topliss-reactive ketones (excluding diaryl/α,β-unsaturated/α-hetero) is 1. The maximum atomic E-state index is 14.4. The van der Waals surface area contributed by atoms with Gasteiger partial charge in [-0.05, 0) is 36.5 Å². The average molecular weight is 732 g/mol. The number of likely N-dealkylation sites (tertiary alicyclic amines) is 1. The number of primary amides is 1. The second kappa shape index (κ2) is 17.8. The van der Waals surface area contributed by atoms with Crippen molar-refractivity contribution in [3.8, 4) is 0 Å². The van der Waals surface area contributed by atoms with Crippen LogP contribution in [0.15, 0.2) is 41.3 Å². The molecule has 1 heterocycles. The zero-order valence-electron chi connectivity index (χ0n) is 31.5. The molecule has 51 heavy (non-hydrogen) atoms. The van der Waals surface area contributed by atoms with Crippen LogP contribution in [-0.4, -0.2) is 83.4 Å². The van der Waals surface area contributed by atoms with Crippen molar-refractivity contribution in [3.05, 3.63) is 42.0 Å². The third-order valence-corrected chi connectivity index (χ3v) is 11.1. The van der Waals surface area contributed by atoms with Gasteiger partial charge in [0.2, 0.25) is 22.5 Å². The highest BCUT2D eigenvalue weighted by Gasteiger charge is 2.47. The quantitative estimate of drug-likeness (QED) is 0.0846. The molecule has 0 spiro atoms.